The normalized spacial score (nSPS) is 11.0. The highest BCUT2D eigenvalue weighted by Crippen LogP contribution is 2.25. The summed E-state index contributed by atoms with van der Waals surface area (Å²) < 4.78 is 14.0. The molecule has 0 radical (unpaired) electrons. The molecule has 0 aliphatic heterocycles. The van der Waals surface area contributed by atoms with Crippen LogP contribution < -0.4 is 0 Å². The fraction of sp³-hybridized carbons (Fsp3) is 0.118. The second-order valence-electron chi connectivity index (χ2n) is 4.88. The summed E-state index contributed by atoms with van der Waals surface area (Å²) in [5.74, 6) is -0.614. The maximum atomic E-state index is 13.5. The van der Waals surface area contributed by atoms with Gasteiger partial charge in [-0.15, -0.1) is 0 Å². The number of halogens is 2. The molecule has 0 amide bonds. The first kappa shape index (κ1) is 14.0. The molecule has 0 saturated carbocycles. The Bertz CT molecular complexity index is 818. The van der Waals surface area contributed by atoms with Crippen molar-refractivity contribution >= 4 is 32.6 Å². The average molecular weight is 346 g/mol. The molecule has 0 aliphatic rings. The summed E-state index contributed by atoms with van der Waals surface area (Å²) in [4.78, 5) is 15.8. The number of benzene rings is 2. The van der Waals surface area contributed by atoms with Crippen molar-refractivity contribution in [2.24, 2.45) is 0 Å². The minimum absolute atomic E-state index is 0.185. The minimum Gasteiger partial charge on any atom is -0.360 e. The first-order valence-electron chi connectivity index (χ1n) is 6.70. The van der Waals surface area contributed by atoms with Gasteiger partial charge in [-0.2, -0.15) is 0 Å². The van der Waals surface area contributed by atoms with E-state index in [0.29, 0.717) is 15.6 Å². The van der Waals surface area contributed by atoms with Crippen molar-refractivity contribution in [3.8, 4) is 0 Å². The predicted octanol–water partition coefficient (Wildman–Crippen LogP) is 4.86. The monoisotopic (exact) mass is 345 g/mol. The maximum Gasteiger partial charge on any atom is 0.195 e. The van der Waals surface area contributed by atoms with Crippen LogP contribution in [-0.2, 0) is 6.42 Å². The molecule has 0 saturated heterocycles. The van der Waals surface area contributed by atoms with E-state index >= 15 is 0 Å². The number of H-pyrrole nitrogens is 1. The molecule has 0 aliphatic carbocycles. The van der Waals surface area contributed by atoms with Crippen LogP contribution in [0.1, 0.15) is 28.4 Å². The van der Waals surface area contributed by atoms with Gasteiger partial charge in [-0.25, -0.2) is 4.39 Å². The van der Waals surface area contributed by atoms with Crippen molar-refractivity contribution in [3.63, 3.8) is 0 Å². The molecule has 2 nitrogen and oxygen atoms in total. The second-order valence-corrected chi connectivity index (χ2v) is 5.80. The Morgan fingerprint density at radius 3 is 2.81 bits per heavy atom. The number of hydrogen-bond donors (Lipinski definition) is 1. The fourth-order valence-corrected chi connectivity index (χ4v) is 3.01. The first-order chi connectivity index (χ1) is 10.1. The van der Waals surface area contributed by atoms with E-state index in [1.807, 2.05) is 18.2 Å². The van der Waals surface area contributed by atoms with Crippen LogP contribution in [0, 0.1) is 5.82 Å². The summed E-state index contributed by atoms with van der Waals surface area (Å²) in [5.41, 5.74) is 3.04. The summed E-state index contributed by atoms with van der Waals surface area (Å²) >= 11 is 3.22. The highest BCUT2D eigenvalue weighted by Gasteiger charge is 2.16. The van der Waals surface area contributed by atoms with E-state index in [0.717, 1.165) is 22.9 Å². The number of aryl methyl sites for hydroxylation is 1. The molecule has 1 heterocycles. The van der Waals surface area contributed by atoms with Crippen molar-refractivity contribution < 1.29 is 9.18 Å². The fourth-order valence-electron chi connectivity index (χ4n) is 2.54. The summed E-state index contributed by atoms with van der Waals surface area (Å²) in [6.07, 6.45) is 2.59. The second kappa shape index (κ2) is 5.45. The number of rotatable bonds is 3. The average Bonchev–Trinajstić information content (AvgIpc) is 2.89. The van der Waals surface area contributed by atoms with Gasteiger partial charge in [0.1, 0.15) is 5.82 Å². The zero-order chi connectivity index (χ0) is 15.0. The van der Waals surface area contributed by atoms with Gasteiger partial charge >= 0.3 is 0 Å². The molecule has 3 rings (SSSR count). The van der Waals surface area contributed by atoms with Gasteiger partial charge in [0, 0.05) is 32.7 Å². The number of nitrogens with one attached hydrogen (secondary N) is 1. The van der Waals surface area contributed by atoms with Crippen molar-refractivity contribution in [2.45, 2.75) is 13.3 Å². The van der Waals surface area contributed by atoms with Crippen molar-refractivity contribution in [1.82, 2.24) is 4.98 Å². The summed E-state index contributed by atoms with van der Waals surface area (Å²) in [6.45, 7) is 2.07. The molecular weight excluding hydrogens is 333 g/mol. The number of aromatic amines is 1. The van der Waals surface area contributed by atoms with Crippen LogP contribution in [0.2, 0.25) is 0 Å². The Morgan fingerprint density at radius 2 is 2.10 bits per heavy atom. The zero-order valence-electron chi connectivity index (χ0n) is 11.4. The molecule has 0 atom stereocenters. The number of fused-ring (bicyclic) bond motifs is 1. The van der Waals surface area contributed by atoms with Crippen molar-refractivity contribution in [1.29, 1.82) is 0 Å². The number of carbonyl (C=O) groups is 1. The SMILES string of the molecule is CCc1cccc2c(C(=O)c3cc(F)cc(Br)c3)c[nH]c12. The molecule has 106 valence electrons. The molecule has 0 bridgehead atoms. The number of ketones is 1. The topological polar surface area (TPSA) is 32.9 Å². The van der Waals surface area contributed by atoms with Crippen LogP contribution >= 0.6 is 15.9 Å². The van der Waals surface area contributed by atoms with Gasteiger partial charge in [-0.05, 0) is 30.2 Å². The molecule has 0 unspecified atom stereocenters. The summed E-state index contributed by atoms with van der Waals surface area (Å²) in [5, 5.41) is 0.875. The Balaban J connectivity index is 2.14. The molecule has 21 heavy (non-hydrogen) atoms. The van der Waals surface area contributed by atoms with Gasteiger partial charge in [0.05, 0.1) is 0 Å². The van der Waals surface area contributed by atoms with E-state index in [1.54, 1.807) is 12.3 Å². The number of para-hydroxylation sites is 1. The van der Waals surface area contributed by atoms with Crippen LogP contribution in [0.5, 0.6) is 0 Å². The molecule has 4 heteroatoms. The molecule has 0 spiro atoms. The van der Waals surface area contributed by atoms with Crippen molar-refractivity contribution in [2.75, 3.05) is 0 Å². The summed E-state index contributed by atoms with van der Waals surface area (Å²) in [6, 6.07) is 10.1. The third kappa shape index (κ3) is 2.51. The minimum atomic E-state index is -0.429. The van der Waals surface area contributed by atoms with Gasteiger partial charge in [0.15, 0.2) is 5.78 Å². The standard InChI is InChI=1S/C17H13BrFNO/c1-2-10-4-3-5-14-15(9-20-16(10)14)17(21)11-6-12(18)8-13(19)7-11/h3-9,20H,2H2,1H3. The van der Waals surface area contributed by atoms with E-state index in [1.165, 1.54) is 12.1 Å². The van der Waals surface area contributed by atoms with Gasteiger partial charge < -0.3 is 4.98 Å². The zero-order valence-corrected chi connectivity index (χ0v) is 13.0. The lowest BCUT2D eigenvalue weighted by Crippen LogP contribution is -2.01. The van der Waals surface area contributed by atoms with Crippen molar-refractivity contribution in [3.05, 3.63) is 69.6 Å². The molecule has 3 aromatic rings. The largest absolute Gasteiger partial charge is 0.360 e. The highest BCUT2D eigenvalue weighted by molar-refractivity contribution is 9.10. The van der Waals surface area contributed by atoms with Gasteiger partial charge in [-0.3, -0.25) is 4.79 Å². The molecule has 1 aromatic heterocycles. The predicted molar refractivity (Wildman–Crippen MR) is 85.2 cm³/mol. The van der Waals surface area contributed by atoms with E-state index in [9.17, 15) is 9.18 Å². The highest BCUT2D eigenvalue weighted by atomic mass is 79.9. The first-order valence-corrected chi connectivity index (χ1v) is 7.49. The van der Waals surface area contributed by atoms with Gasteiger partial charge in [-0.1, -0.05) is 41.1 Å². The molecular formula is C17H13BrFNO. The van der Waals surface area contributed by atoms with Crippen LogP contribution in [0.4, 0.5) is 4.39 Å². The van der Waals surface area contributed by atoms with Crippen LogP contribution in [0.25, 0.3) is 10.9 Å². The Hall–Kier alpha value is -1.94. The lowest BCUT2D eigenvalue weighted by molar-refractivity contribution is 0.104. The van der Waals surface area contributed by atoms with E-state index < -0.39 is 5.82 Å². The van der Waals surface area contributed by atoms with E-state index in [-0.39, 0.29) is 5.78 Å². The lowest BCUT2D eigenvalue weighted by Gasteiger charge is -2.03. The van der Waals surface area contributed by atoms with E-state index in [4.69, 9.17) is 0 Å². The Labute approximate surface area is 130 Å². The molecule has 2 aromatic carbocycles. The molecule has 1 N–H and O–H groups in total. The third-order valence-electron chi connectivity index (χ3n) is 3.55. The summed E-state index contributed by atoms with van der Waals surface area (Å²) in [7, 11) is 0. The van der Waals surface area contributed by atoms with Crippen LogP contribution in [-0.4, -0.2) is 10.8 Å². The Kier molecular flexibility index (Phi) is 3.64. The number of aromatic nitrogens is 1. The third-order valence-corrected chi connectivity index (χ3v) is 4.01. The number of hydrogen-bond acceptors (Lipinski definition) is 1. The van der Waals surface area contributed by atoms with E-state index in [2.05, 4.69) is 27.8 Å². The smallest absolute Gasteiger partial charge is 0.195 e. The van der Waals surface area contributed by atoms with Gasteiger partial charge in [0.2, 0.25) is 0 Å². The quantitative estimate of drug-likeness (QED) is 0.675. The van der Waals surface area contributed by atoms with Gasteiger partial charge in [0.25, 0.3) is 0 Å². The maximum absolute atomic E-state index is 13.5. The molecule has 0 fully saturated rings. The van der Waals surface area contributed by atoms with Crippen LogP contribution in [0.15, 0.2) is 47.1 Å². The van der Waals surface area contributed by atoms with Crippen LogP contribution in [0.3, 0.4) is 0 Å². The lowest BCUT2D eigenvalue weighted by atomic mass is 10.0. The number of carbonyl (C=O) groups excluding carboxylic acids is 1. The Morgan fingerprint density at radius 1 is 1.29 bits per heavy atom.